The van der Waals surface area contributed by atoms with E-state index in [1.165, 1.54) is 0 Å². The molecule has 0 amide bonds. The summed E-state index contributed by atoms with van der Waals surface area (Å²) in [5.74, 6) is -13.1. The van der Waals surface area contributed by atoms with Crippen molar-refractivity contribution >= 4 is 0 Å². The Labute approximate surface area is 96.9 Å². The number of ether oxygens (including phenoxy) is 1. The van der Waals surface area contributed by atoms with E-state index < -0.39 is 24.4 Å². The molecule has 0 atom stereocenters. The van der Waals surface area contributed by atoms with E-state index in [0.29, 0.717) is 0 Å². The first-order valence-corrected chi connectivity index (χ1v) is 4.54. The first-order valence-electron chi connectivity index (χ1n) is 4.54. The average molecular weight is 294 g/mol. The van der Waals surface area contributed by atoms with E-state index in [-0.39, 0.29) is 0 Å². The van der Waals surface area contributed by atoms with Crippen molar-refractivity contribution in [1.82, 2.24) is 0 Å². The lowest BCUT2D eigenvalue weighted by Crippen LogP contribution is -2.55. The van der Waals surface area contributed by atoms with E-state index in [1.54, 1.807) is 0 Å². The molecular weight excluding hydrogens is 283 g/mol. The van der Waals surface area contributed by atoms with E-state index in [2.05, 4.69) is 0 Å². The van der Waals surface area contributed by atoms with Crippen LogP contribution in [0.4, 0.5) is 39.5 Å². The van der Waals surface area contributed by atoms with Gasteiger partial charge in [0, 0.05) is 13.2 Å². The van der Waals surface area contributed by atoms with Gasteiger partial charge >= 0.3 is 24.4 Å². The summed E-state index contributed by atoms with van der Waals surface area (Å²) in [5.41, 5.74) is 0. The second-order valence-corrected chi connectivity index (χ2v) is 2.78. The maximum Gasteiger partial charge on any atom is 0.460 e. The smallest absolute Gasteiger partial charge is 0.382 e. The van der Waals surface area contributed by atoms with E-state index >= 15 is 0 Å². The molecule has 0 bridgehead atoms. The molecular formula is C8H11F9O. The summed E-state index contributed by atoms with van der Waals surface area (Å²) >= 11 is 0. The molecule has 10 heteroatoms. The summed E-state index contributed by atoms with van der Waals surface area (Å²) in [6.07, 6.45) is -11.8. The molecule has 1 nitrogen and oxygen atoms in total. The van der Waals surface area contributed by atoms with Crippen LogP contribution in [0.15, 0.2) is 0 Å². The number of hydrogen-bond acceptors (Lipinski definition) is 1. The average Bonchev–Trinajstić information content (AvgIpc) is 2.17. The normalized spacial score (nSPS) is 13.3. The molecule has 0 aliphatic heterocycles. The monoisotopic (exact) mass is 294 g/mol. The van der Waals surface area contributed by atoms with E-state index in [4.69, 9.17) is 4.74 Å². The summed E-state index contributed by atoms with van der Waals surface area (Å²) in [6.45, 7) is 5.67. The van der Waals surface area contributed by atoms with Crippen molar-refractivity contribution in [3.8, 4) is 0 Å². The van der Waals surface area contributed by atoms with Crippen LogP contribution in [0.5, 0.6) is 0 Å². The first kappa shape index (κ1) is 19.7. The van der Waals surface area contributed by atoms with E-state index in [9.17, 15) is 39.5 Å². The van der Waals surface area contributed by atoms with Gasteiger partial charge in [-0.05, 0) is 13.8 Å². The van der Waals surface area contributed by atoms with Gasteiger partial charge in [0.1, 0.15) is 0 Å². The molecule has 0 aromatic heterocycles. The van der Waals surface area contributed by atoms with Crippen LogP contribution in [0.2, 0.25) is 0 Å². The summed E-state index contributed by atoms with van der Waals surface area (Å²) < 4.78 is 107. The van der Waals surface area contributed by atoms with Crippen LogP contribution in [0.1, 0.15) is 13.8 Å². The Morgan fingerprint density at radius 1 is 0.833 bits per heavy atom. The molecule has 0 N–H and O–H groups in total. The van der Waals surface area contributed by atoms with Gasteiger partial charge in [0.25, 0.3) is 0 Å². The molecule has 0 heterocycles. The summed E-state index contributed by atoms with van der Waals surface area (Å²) in [5, 5.41) is 0. The second kappa shape index (κ2) is 7.05. The van der Waals surface area contributed by atoms with Gasteiger partial charge in [0.2, 0.25) is 0 Å². The Hall–Kier alpha value is -0.670. The van der Waals surface area contributed by atoms with Crippen molar-refractivity contribution in [3.05, 3.63) is 0 Å². The third kappa shape index (κ3) is 4.91. The fourth-order valence-corrected chi connectivity index (χ4v) is 0.530. The number of alkyl halides is 9. The predicted octanol–water partition coefficient (Wildman–Crippen LogP) is 4.13. The van der Waals surface area contributed by atoms with Crippen LogP contribution in [0.25, 0.3) is 0 Å². The van der Waals surface area contributed by atoms with Crippen LogP contribution in [-0.4, -0.2) is 37.7 Å². The highest BCUT2D eigenvalue weighted by Gasteiger charge is 2.76. The molecule has 0 aromatic rings. The molecule has 18 heavy (non-hydrogen) atoms. The van der Waals surface area contributed by atoms with Crippen molar-refractivity contribution in [2.75, 3.05) is 13.2 Å². The van der Waals surface area contributed by atoms with Crippen molar-refractivity contribution in [2.24, 2.45) is 0 Å². The lowest BCUT2D eigenvalue weighted by Gasteiger charge is -2.27. The minimum absolute atomic E-state index is 0.844. The van der Waals surface area contributed by atoms with Gasteiger partial charge in [0.15, 0.2) is 0 Å². The van der Waals surface area contributed by atoms with Gasteiger partial charge in [-0.15, -0.1) is 0 Å². The third-order valence-corrected chi connectivity index (χ3v) is 1.46. The predicted molar refractivity (Wildman–Crippen MR) is 44.1 cm³/mol. The molecule has 0 spiro atoms. The summed E-state index contributed by atoms with van der Waals surface area (Å²) in [6, 6.07) is 0. The van der Waals surface area contributed by atoms with Crippen molar-refractivity contribution in [1.29, 1.82) is 0 Å². The molecule has 0 unspecified atom stereocenters. The zero-order valence-electron chi connectivity index (χ0n) is 9.30. The third-order valence-electron chi connectivity index (χ3n) is 1.46. The van der Waals surface area contributed by atoms with Gasteiger partial charge in [0.05, 0.1) is 0 Å². The molecule has 0 radical (unpaired) electrons. The summed E-state index contributed by atoms with van der Waals surface area (Å²) in [7, 11) is 0. The highest BCUT2D eigenvalue weighted by atomic mass is 19.4. The van der Waals surface area contributed by atoms with Crippen molar-refractivity contribution < 1.29 is 44.3 Å². The quantitative estimate of drug-likeness (QED) is 0.708. The molecule has 0 saturated carbocycles. The molecule has 0 fully saturated rings. The molecule has 0 aliphatic rings. The summed E-state index contributed by atoms with van der Waals surface area (Å²) in [4.78, 5) is 0. The lowest BCUT2D eigenvalue weighted by molar-refractivity contribution is -0.375. The maximum atomic E-state index is 11.6. The zero-order chi connectivity index (χ0) is 15.2. The molecule has 0 saturated heterocycles. The van der Waals surface area contributed by atoms with Gasteiger partial charge in [-0.25, -0.2) is 8.78 Å². The minimum atomic E-state index is -6.73. The van der Waals surface area contributed by atoms with Crippen LogP contribution >= 0.6 is 0 Å². The second-order valence-electron chi connectivity index (χ2n) is 2.78. The van der Waals surface area contributed by atoms with Crippen LogP contribution in [0, 0.1) is 0 Å². The van der Waals surface area contributed by atoms with Gasteiger partial charge in [-0.3, -0.25) is 0 Å². The van der Waals surface area contributed by atoms with Gasteiger partial charge in [-0.1, -0.05) is 0 Å². The SMILES string of the molecule is CCOCC.FC(F)C(F)(F)C(F)(F)C(F)(F)F. The van der Waals surface area contributed by atoms with Crippen LogP contribution < -0.4 is 0 Å². The fraction of sp³-hybridized carbons (Fsp3) is 1.00. The zero-order valence-corrected chi connectivity index (χ0v) is 9.30. The van der Waals surface area contributed by atoms with Crippen molar-refractivity contribution in [3.63, 3.8) is 0 Å². The van der Waals surface area contributed by atoms with Gasteiger partial charge < -0.3 is 4.74 Å². The number of halogens is 9. The van der Waals surface area contributed by atoms with Crippen molar-refractivity contribution in [2.45, 2.75) is 38.3 Å². The fourth-order valence-electron chi connectivity index (χ4n) is 0.530. The topological polar surface area (TPSA) is 9.23 Å². The molecule has 0 aromatic carbocycles. The Morgan fingerprint density at radius 3 is 1.22 bits per heavy atom. The Kier molecular flexibility index (Phi) is 7.70. The Balaban J connectivity index is 0. The Bertz CT molecular complexity index is 221. The van der Waals surface area contributed by atoms with Gasteiger partial charge in [-0.2, -0.15) is 30.7 Å². The first-order chi connectivity index (χ1) is 7.86. The molecule has 112 valence electrons. The molecule has 0 aliphatic carbocycles. The number of hydrogen-bond donors (Lipinski definition) is 0. The standard InChI is InChI=1S/C4HF9.C4H10O/c5-1(6)2(7,8)3(9,10)4(11,12)13;1-3-5-4-2/h1H;3-4H2,1-2H3. The highest BCUT2D eigenvalue weighted by Crippen LogP contribution is 2.48. The van der Waals surface area contributed by atoms with E-state index in [1.807, 2.05) is 13.8 Å². The lowest BCUT2D eigenvalue weighted by atomic mass is 10.2. The minimum Gasteiger partial charge on any atom is -0.382 e. The number of rotatable bonds is 4. The highest BCUT2D eigenvalue weighted by molar-refractivity contribution is 4.92. The van der Waals surface area contributed by atoms with Crippen LogP contribution in [0.3, 0.4) is 0 Å². The maximum absolute atomic E-state index is 11.6. The van der Waals surface area contributed by atoms with Crippen LogP contribution in [-0.2, 0) is 4.74 Å². The Morgan fingerprint density at radius 2 is 1.17 bits per heavy atom. The molecule has 0 rings (SSSR count). The van der Waals surface area contributed by atoms with E-state index in [0.717, 1.165) is 13.2 Å². The largest absolute Gasteiger partial charge is 0.460 e.